The zero-order valence-corrected chi connectivity index (χ0v) is 20.9. The fraction of sp³-hybridized carbons (Fsp3) is 0.250. The van der Waals surface area contributed by atoms with E-state index in [0.29, 0.717) is 0 Å². The Balaban J connectivity index is 3.05. The molecule has 0 radical (unpaired) electrons. The lowest BCUT2D eigenvalue weighted by Crippen LogP contribution is -2.15. The number of benzene rings is 3. The van der Waals surface area contributed by atoms with Gasteiger partial charge in [-0.25, -0.2) is 19.2 Å². The van der Waals surface area contributed by atoms with Crippen LogP contribution in [0.25, 0.3) is 21.5 Å². The maximum Gasteiger partial charge on any atom is 0.340 e. The number of carboxylic acids is 4. The Morgan fingerprint density at radius 2 is 0.526 bits per heavy atom. The molecule has 3 rings (SSSR count). The van der Waals surface area contributed by atoms with Crippen molar-refractivity contribution in [1.82, 2.24) is 0 Å². The summed E-state index contributed by atoms with van der Waals surface area (Å²) in [5, 5.41) is 39.1. The first-order valence-electron chi connectivity index (χ1n) is 10.4. The molecule has 0 saturated carbocycles. The van der Waals surface area contributed by atoms with Crippen molar-refractivity contribution in [1.29, 1.82) is 0 Å². The first-order chi connectivity index (χ1) is 18.0. The molecule has 0 fully saturated rings. The first kappa shape index (κ1) is 27.4. The highest BCUT2D eigenvalue weighted by Crippen LogP contribution is 2.58. The van der Waals surface area contributed by atoms with Gasteiger partial charge in [-0.05, 0) is 0 Å². The molecule has 0 aliphatic heterocycles. The normalized spacial score (nSPS) is 10.7. The van der Waals surface area contributed by atoms with E-state index in [2.05, 4.69) is 0 Å². The van der Waals surface area contributed by atoms with E-state index in [1.54, 1.807) is 0 Å². The van der Waals surface area contributed by atoms with Crippen LogP contribution < -0.4 is 28.4 Å². The highest BCUT2D eigenvalue weighted by Gasteiger charge is 2.39. The highest BCUT2D eigenvalue weighted by atomic mass is 16.5. The van der Waals surface area contributed by atoms with Crippen molar-refractivity contribution in [2.24, 2.45) is 0 Å². The summed E-state index contributed by atoms with van der Waals surface area (Å²) < 4.78 is 32.6. The van der Waals surface area contributed by atoms with Crippen LogP contribution in [0.4, 0.5) is 0 Å². The summed E-state index contributed by atoms with van der Waals surface area (Å²) in [6.07, 6.45) is 0. The van der Waals surface area contributed by atoms with Crippen LogP contribution >= 0.6 is 0 Å². The van der Waals surface area contributed by atoms with Gasteiger partial charge in [-0.3, -0.25) is 0 Å². The van der Waals surface area contributed by atoms with Crippen LogP contribution in [-0.2, 0) is 0 Å². The molecule has 4 N–H and O–H groups in total. The third kappa shape index (κ3) is 3.65. The van der Waals surface area contributed by atoms with Crippen LogP contribution in [0, 0.1) is 0 Å². The predicted molar refractivity (Wildman–Crippen MR) is 129 cm³/mol. The Hall–Kier alpha value is -5.14. The quantitative estimate of drug-likeness (QED) is 0.276. The summed E-state index contributed by atoms with van der Waals surface area (Å²) in [6.45, 7) is 0. The number of hydrogen-bond donors (Lipinski definition) is 4. The van der Waals surface area contributed by atoms with Gasteiger partial charge in [-0.15, -0.1) is 0 Å². The number of ether oxygens (including phenoxy) is 6. The number of carboxylic acid groups (broad SMARTS) is 4. The standard InChI is InChI=1S/C24H22O14/c1-33-15-7-9(19(37-5)13(23(29)30)11(21(25)26)17(7)35-3)16(34-2)10-8(15)18(36-4)12(22(27)28)14(24(31)32)20(10)38-6/h1-6H3,(H,25,26)(H,27,28)(H,29,30)(H,31,32). The second kappa shape index (κ2) is 10.1. The highest BCUT2D eigenvalue weighted by molar-refractivity contribution is 6.26. The molecule has 0 atom stereocenters. The van der Waals surface area contributed by atoms with Gasteiger partial charge in [0.1, 0.15) is 56.8 Å². The molecular weight excluding hydrogens is 512 g/mol. The average Bonchev–Trinajstić information content (AvgIpc) is 2.88. The van der Waals surface area contributed by atoms with E-state index in [1.807, 2.05) is 0 Å². The molecule has 14 nitrogen and oxygen atoms in total. The zero-order valence-electron chi connectivity index (χ0n) is 20.9. The van der Waals surface area contributed by atoms with Crippen LogP contribution in [0.2, 0.25) is 0 Å². The Labute approximate surface area is 213 Å². The third-order valence-electron chi connectivity index (χ3n) is 5.80. The van der Waals surface area contributed by atoms with Crippen molar-refractivity contribution >= 4 is 45.4 Å². The van der Waals surface area contributed by atoms with E-state index < -0.39 is 69.1 Å². The smallest absolute Gasteiger partial charge is 0.340 e. The van der Waals surface area contributed by atoms with Gasteiger partial charge >= 0.3 is 23.9 Å². The van der Waals surface area contributed by atoms with E-state index in [1.165, 1.54) is 0 Å². The molecule has 0 bridgehead atoms. The molecule has 202 valence electrons. The molecule has 3 aromatic carbocycles. The molecule has 0 amide bonds. The SMILES string of the molecule is COc1c(C(=O)O)c(C(=O)O)c(OC)c2c(OC)c3c(OC)c(C(=O)O)c(C(=O)O)c(OC)c3c(OC)c12. The van der Waals surface area contributed by atoms with Gasteiger partial charge in [0.15, 0.2) is 0 Å². The summed E-state index contributed by atoms with van der Waals surface area (Å²) in [4.78, 5) is 49.1. The zero-order chi connectivity index (χ0) is 28.6. The summed E-state index contributed by atoms with van der Waals surface area (Å²) in [5.74, 6) is -9.19. The summed E-state index contributed by atoms with van der Waals surface area (Å²) >= 11 is 0. The van der Waals surface area contributed by atoms with Crippen LogP contribution in [0.15, 0.2) is 0 Å². The Bertz CT molecular complexity index is 1310. The molecule has 0 aliphatic carbocycles. The van der Waals surface area contributed by atoms with Crippen molar-refractivity contribution in [2.45, 2.75) is 0 Å². The number of rotatable bonds is 10. The lowest BCUT2D eigenvalue weighted by Gasteiger charge is -2.25. The van der Waals surface area contributed by atoms with Gasteiger partial charge in [0.05, 0.1) is 64.2 Å². The largest absolute Gasteiger partial charge is 0.495 e. The molecule has 14 heteroatoms. The number of fused-ring (bicyclic) bond motifs is 2. The lowest BCUT2D eigenvalue weighted by atomic mass is 9.89. The molecule has 0 aliphatic rings. The lowest BCUT2D eigenvalue weighted by molar-refractivity contribution is 0.0645. The van der Waals surface area contributed by atoms with Gasteiger partial charge in [0.2, 0.25) is 0 Å². The molecule has 0 aromatic heterocycles. The fourth-order valence-corrected chi connectivity index (χ4v) is 4.57. The number of hydrogen-bond acceptors (Lipinski definition) is 10. The van der Waals surface area contributed by atoms with Crippen molar-refractivity contribution < 1.29 is 68.0 Å². The average molecular weight is 534 g/mol. The van der Waals surface area contributed by atoms with Gasteiger partial charge in [-0.2, -0.15) is 0 Å². The molecular formula is C24H22O14. The molecule has 0 saturated heterocycles. The Morgan fingerprint density at radius 3 is 0.632 bits per heavy atom. The van der Waals surface area contributed by atoms with Crippen molar-refractivity contribution in [3.8, 4) is 34.5 Å². The molecule has 38 heavy (non-hydrogen) atoms. The predicted octanol–water partition coefficient (Wildman–Crippen LogP) is 2.84. The van der Waals surface area contributed by atoms with Crippen LogP contribution in [0.1, 0.15) is 41.4 Å². The summed E-state index contributed by atoms with van der Waals surface area (Å²) in [5.41, 5.74) is -3.18. The number of aromatic carboxylic acids is 4. The van der Waals surface area contributed by atoms with Gasteiger partial charge in [0.25, 0.3) is 0 Å². The summed E-state index contributed by atoms with van der Waals surface area (Å²) in [7, 11) is 6.67. The number of carbonyl (C=O) groups is 4. The van der Waals surface area contributed by atoms with Crippen LogP contribution in [0.3, 0.4) is 0 Å². The minimum atomic E-state index is -1.68. The van der Waals surface area contributed by atoms with Crippen LogP contribution in [-0.4, -0.2) is 87.0 Å². The monoisotopic (exact) mass is 534 g/mol. The fourth-order valence-electron chi connectivity index (χ4n) is 4.57. The third-order valence-corrected chi connectivity index (χ3v) is 5.80. The van der Waals surface area contributed by atoms with Gasteiger partial charge in [0, 0.05) is 0 Å². The van der Waals surface area contributed by atoms with Crippen LogP contribution in [0.5, 0.6) is 34.5 Å². The first-order valence-corrected chi connectivity index (χ1v) is 10.4. The minimum Gasteiger partial charge on any atom is -0.495 e. The molecule has 3 aromatic rings. The Kier molecular flexibility index (Phi) is 7.28. The van der Waals surface area contributed by atoms with E-state index in [9.17, 15) is 39.6 Å². The topological polar surface area (TPSA) is 205 Å². The van der Waals surface area contributed by atoms with Crippen molar-refractivity contribution in [2.75, 3.05) is 42.7 Å². The summed E-state index contributed by atoms with van der Waals surface area (Å²) in [6, 6.07) is 0. The maximum absolute atomic E-state index is 12.3. The van der Waals surface area contributed by atoms with Crippen molar-refractivity contribution in [3.05, 3.63) is 22.3 Å². The molecule has 0 spiro atoms. The Morgan fingerprint density at radius 1 is 0.368 bits per heavy atom. The van der Waals surface area contributed by atoms with Gasteiger partial charge < -0.3 is 48.8 Å². The minimum absolute atomic E-state index is 0.182. The maximum atomic E-state index is 12.3. The van der Waals surface area contributed by atoms with Crippen molar-refractivity contribution in [3.63, 3.8) is 0 Å². The van der Waals surface area contributed by atoms with Gasteiger partial charge in [-0.1, -0.05) is 0 Å². The van der Waals surface area contributed by atoms with E-state index >= 15 is 0 Å². The van der Waals surface area contributed by atoms with E-state index in [0.717, 1.165) is 42.7 Å². The van der Waals surface area contributed by atoms with E-state index in [4.69, 9.17) is 28.4 Å². The second-order valence-electron chi connectivity index (χ2n) is 7.42. The molecule has 0 heterocycles. The van der Waals surface area contributed by atoms with E-state index in [-0.39, 0.29) is 33.0 Å². The molecule has 0 unspecified atom stereocenters. The second-order valence-corrected chi connectivity index (χ2v) is 7.42. The number of methoxy groups -OCH3 is 6.